The summed E-state index contributed by atoms with van der Waals surface area (Å²) < 4.78 is 22.9. The predicted octanol–water partition coefficient (Wildman–Crippen LogP) is 19.7. The van der Waals surface area contributed by atoms with E-state index >= 15 is 0 Å². The van der Waals surface area contributed by atoms with E-state index in [0.717, 1.165) is 70.6 Å². The van der Waals surface area contributed by atoms with E-state index < -0.39 is 86.8 Å². The van der Waals surface area contributed by atoms with Gasteiger partial charge in [0.05, 0.1) is 32.0 Å². The fourth-order valence-electron chi connectivity index (χ4n) is 13.8. The van der Waals surface area contributed by atoms with E-state index in [9.17, 15) is 45.6 Å². The number of amides is 1. The zero-order valence-electron chi connectivity index (χ0n) is 64.2. The molecule has 0 bridgehead atoms. The minimum Gasteiger partial charge on any atom is -0.394 e. The molecular formula is C86H157NO13. The van der Waals surface area contributed by atoms with Crippen molar-refractivity contribution >= 4 is 5.91 Å². The van der Waals surface area contributed by atoms with E-state index in [1.165, 1.54) is 276 Å². The third-order valence-electron chi connectivity index (χ3n) is 20.4. The predicted molar refractivity (Wildman–Crippen MR) is 415 cm³/mol. The highest BCUT2D eigenvalue weighted by Crippen LogP contribution is 2.30. The number of ether oxygens (including phenoxy) is 4. The number of carbonyl (C=O) groups is 1. The molecule has 0 aromatic carbocycles. The highest BCUT2D eigenvalue weighted by Gasteiger charge is 2.51. The number of aliphatic hydroxyl groups is 8. The van der Waals surface area contributed by atoms with Gasteiger partial charge in [-0.15, -0.1) is 0 Å². The van der Waals surface area contributed by atoms with Crippen LogP contribution in [0.15, 0.2) is 72.9 Å². The largest absolute Gasteiger partial charge is 0.394 e. The van der Waals surface area contributed by atoms with Gasteiger partial charge in [-0.05, 0) is 64.2 Å². The summed E-state index contributed by atoms with van der Waals surface area (Å²) in [5.74, 6) is -0.232. The van der Waals surface area contributed by atoms with E-state index in [4.69, 9.17) is 18.9 Å². The van der Waals surface area contributed by atoms with Gasteiger partial charge < -0.3 is 65.1 Å². The molecule has 2 aliphatic rings. The quantitative estimate of drug-likeness (QED) is 0.0204. The molecule has 0 radical (unpaired) electrons. The lowest BCUT2D eigenvalue weighted by atomic mass is 9.97. The van der Waals surface area contributed by atoms with Crippen molar-refractivity contribution in [2.75, 3.05) is 19.8 Å². The Morgan fingerprint density at radius 1 is 0.370 bits per heavy atom. The first kappa shape index (κ1) is 93.5. The summed E-state index contributed by atoms with van der Waals surface area (Å²) in [4.78, 5) is 13.4. The molecule has 2 fully saturated rings. The number of hydrogen-bond acceptors (Lipinski definition) is 13. The molecule has 9 N–H and O–H groups in total. The maximum atomic E-state index is 13.4. The molecule has 2 saturated heterocycles. The van der Waals surface area contributed by atoms with Crippen molar-refractivity contribution in [1.29, 1.82) is 0 Å². The van der Waals surface area contributed by atoms with Gasteiger partial charge >= 0.3 is 0 Å². The van der Waals surface area contributed by atoms with Gasteiger partial charge in [0.2, 0.25) is 5.91 Å². The Morgan fingerprint density at radius 3 is 1.06 bits per heavy atom. The molecular weight excluding hydrogens is 1250 g/mol. The van der Waals surface area contributed by atoms with Gasteiger partial charge in [0.15, 0.2) is 12.6 Å². The molecule has 12 atom stereocenters. The van der Waals surface area contributed by atoms with E-state index in [2.05, 4.69) is 79.9 Å². The van der Waals surface area contributed by atoms with Crippen LogP contribution in [-0.2, 0) is 23.7 Å². The Kier molecular flexibility index (Phi) is 65.0. The van der Waals surface area contributed by atoms with Crippen molar-refractivity contribution in [3.05, 3.63) is 72.9 Å². The molecule has 0 aliphatic carbocycles. The van der Waals surface area contributed by atoms with Crippen molar-refractivity contribution in [2.45, 2.75) is 447 Å². The zero-order valence-corrected chi connectivity index (χ0v) is 64.2. The highest BCUT2D eigenvalue weighted by molar-refractivity contribution is 5.76. The van der Waals surface area contributed by atoms with E-state index in [-0.39, 0.29) is 18.9 Å². The first-order valence-corrected chi connectivity index (χ1v) is 42.2. The second-order valence-electron chi connectivity index (χ2n) is 29.6. The minimum atomic E-state index is -1.79. The second kappa shape index (κ2) is 69.5. The first-order valence-electron chi connectivity index (χ1n) is 42.2. The van der Waals surface area contributed by atoms with Crippen molar-refractivity contribution in [1.82, 2.24) is 5.32 Å². The molecule has 14 heteroatoms. The number of hydrogen-bond donors (Lipinski definition) is 9. The normalized spacial score (nSPS) is 22.2. The standard InChI is InChI=1S/C86H157NO13/c1-3-5-7-9-11-13-15-17-19-21-23-25-27-29-30-31-32-33-34-35-36-37-38-39-40-41-42-43-44-46-48-50-52-54-56-58-60-62-64-66-68-70-78(91)87-74(73-97-85-83(96)81(94)84(77(72-89)99-85)100-86-82(95)80(93)79(92)76(71-88)98-86)75(90)69-67-65-63-61-59-57-55-53-51-49-47-45-28-26-24-22-20-18-16-14-12-10-8-6-4-2/h5,7,11,13,17,19,23,25,29-30,67,69,74-77,79-86,88-90,92-96H,3-4,6,8-10,12,14-16,18,20-22,24,26-28,31-66,68,70-73H2,1-2H3,(H,87,91)/b7-5-,13-11-,19-17-,25-23-,30-29-,69-67+. The molecule has 0 aromatic rings. The number of allylic oxidation sites excluding steroid dienone is 11. The summed E-state index contributed by atoms with van der Waals surface area (Å²) in [6.45, 7) is 2.74. The lowest BCUT2D eigenvalue weighted by Gasteiger charge is -2.46. The molecule has 0 aromatic heterocycles. The van der Waals surface area contributed by atoms with E-state index in [1.54, 1.807) is 6.08 Å². The summed E-state index contributed by atoms with van der Waals surface area (Å²) in [5, 5.41) is 87.7. The average Bonchev–Trinajstić information content (AvgIpc) is 0.791. The van der Waals surface area contributed by atoms with Crippen LogP contribution >= 0.6 is 0 Å². The van der Waals surface area contributed by atoms with Gasteiger partial charge in [-0.25, -0.2) is 0 Å². The molecule has 2 rings (SSSR count). The fourth-order valence-corrected chi connectivity index (χ4v) is 13.8. The zero-order chi connectivity index (χ0) is 72.2. The number of nitrogens with one attached hydrogen (secondary N) is 1. The molecule has 584 valence electrons. The third kappa shape index (κ3) is 51.6. The average molecular weight is 1410 g/mol. The Balaban J connectivity index is 1.56. The van der Waals surface area contributed by atoms with Gasteiger partial charge in [0.25, 0.3) is 0 Å². The van der Waals surface area contributed by atoms with Gasteiger partial charge in [-0.3, -0.25) is 4.79 Å². The van der Waals surface area contributed by atoms with Gasteiger partial charge in [0.1, 0.15) is 48.8 Å². The van der Waals surface area contributed by atoms with Crippen molar-refractivity contribution < 1.29 is 64.6 Å². The van der Waals surface area contributed by atoms with Crippen LogP contribution in [-0.4, -0.2) is 140 Å². The Hall–Kier alpha value is -2.57. The lowest BCUT2D eigenvalue weighted by molar-refractivity contribution is -0.359. The van der Waals surface area contributed by atoms with Crippen LogP contribution < -0.4 is 5.32 Å². The molecule has 0 saturated carbocycles. The van der Waals surface area contributed by atoms with Crippen LogP contribution in [0.3, 0.4) is 0 Å². The highest BCUT2D eigenvalue weighted by atomic mass is 16.7. The van der Waals surface area contributed by atoms with Gasteiger partial charge in [-0.1, -0.05) is 376 Å². The number of unbranched alkanes of at least 4 members (excludes halogenated alkanes) is 48. The Bertz CT molecular complexity index is 1960. The van der Waals surface area contributed by atoms with Crippen molar-refractivity contribution in [3.63, 3.8) is 0 Å². The van der Waals surface area contributed by atoms with Gasteiger partial charge in [0, 0.05) is 6.42 Å². The minimum absolute atomic E-state index is 0.232. The van der Waals surface area contributed by atoms with Crippen LogP contribution in [0, 0.1) is 0 Å². The maximum absolute atomic E-state index is 13.4. The molecule has 0 spiro atoms. The lowest BCUT2D eigenvalue weighted by Crippen LogP contribution is -2.65. The number of carbonyl (C=O) groups excluding carboxylic acids is 1. The van der Waals surface area contributed by atoms with E-state index in [1.807, 2.05) is 6.08 Å². The molecule has 12 unspecified atom stereocenters. The number of rotatable bonds is 71. The summed E-state index contributed by atoms with van der Waals surface area (Å²) in [7, 11) is 0. The third-order valence-corrected chi connectivity index (χ3v) is 20.4. The van der Waals surface area contributed by atoms with Crippen LogP contribution in [0.1, 0.15) is 373 Å². The molecule has 1 amide bonds. The van der Waals surface area contributed by atoms with E-state index in [0.29, 0.717) is 6.42 Å². The molecule has 14 nitrogen and oxygen atoms in total. The molecule has 2 heterocycles. The van der Waals surface area contributed by atoms with Gasteiger partial charge in [-0.2, -0.15) is 0 Å². The monoisotopic (exact) mass is 1410 g/mol. The summed E-state index contributed by atoms with van der Waals surface area (Å²) in [5.41, 5.74) is 0. The van der Waals surface area contributed by atoms with Crippen LogP contribution in [0.5, 0.6) is 0 Å². The summed E-state index contributed by atoms with van der Waals surface area (Å²) in [6, 6.07) is -0.916. The van der Waals surface area contributed by atoms with Crippen LogP contribution in [0.25, 0.3) is 0 Å². The second-order valence-corrected chi connectivity index (χ2v) is 29.6. The Labute approximate surface area is 612 Å². The molecule has 100 heavy (non-hydrogen) atoms. The number of aliphatic hydroxyl groups excluding tert-OH is 8. The molecule has 2 aliphatic heterocycles. The maximum Gasteiger partial charge on any atom is 0.220 e. The smallest absolute Gasteiger partial charge is 0.220 e. The summed E-state index contributed by atoms with van der Waals surface area (Å²) >= 11 is 0. The topological polar surface area (TPSA) is 228 Å². The Morgan fingerprint density at radius 2 is 0.690 bits per heavy atom. The van der Waals surface area contributed by atoms with Crippen molar-refractivity contribution in [2.24, 2.45) is 0 Å². The fraction of sp³-hybridized carbons (Fsp3) is 0.849. The summed E-state index contributed by atoms with van der Waals surface area (Å²) in [6.07, 6.45) is 80.0. The van der Waals surface area contributed by atoms with Crippen LogP contribution in [0.2, 0.25) is 0 Å². The SMILES string of the molecule is CC/C=C\C/C=C\C/C=C\C/C=C\C/C=C\CCCCCCCCCCCCCCCCCCCCCCCCCCCC(=O)NC(COC1OC(CO)C(OC2OC(CO)C(O)C(O)C2O)C(O)C1O)C(O)/C=C/CCCCCCCCCCCCCCCCCCCCCCCCC. The van der Waals surface area contributed by atoms with Crippen LogP contribution in [0.4, 0.5) is 0 Å². The first-order chi connectivity index (χ1) is 49.1. The van der Waals surface area contributed by atoms with Crippen molar-refractivity contribution in [3.8, 4) is 0 Å².